The van der Waals surface area contributed by atoms with Crippen LogP contribution in [0.15, 0.2) is 28.1 Å². The maximum Gasteiger partial charge on any atom is 0.355 e. The summed E-state index contributed by atoms with van der Waals surface area (Å²) in [5, 5.41) is 23.1. The minimum absolute atomic E-state index is 0.00586. The molecule has 0 spiro atoms. The van der Waals surface area contributed by atoms with Gasteiger partial charge in [0.25, 0.3) is 5.91 Å². The Morgan fingerprint density at radius 3 is 2.76 bits per heavy atom. The van der Waals surface area contributed by atoms with Gasteiger partial charge in [0.15, 0.2) is 5.69 Å². The third-order valence-corrected chi connectivity index (χ3v) is 4.18. The molecule has 0 aliphatic heterocycles. The van der Waals surface area contributed by atoms with Gasteiger partial charge in [-0.1, -0.05) is 0 Å². The van der Waals surface area contributed by atoms with Crippen LogP contribution in [-0.4, -0.2) is 33.6 Å². The van der Waals surface area contributed by atoms with Crippen molar-refractivity contribution in [2.75, 3.05) is 6.54 Å². The van der Waals surface area contributed by atoms with E-state index in [2.05, 4.69) is 26.2 Å². The van der Waals surface area contributed by atoms with Gasteiger partial charge in [0.1, 0.15) is 5.75 Å². The molecule has 1 amide bonds. The maximum atomic E-state index is 11.9. The van der Waals surface area contributed by atoms with Crippen molar-refractivity contribution in [3.05, 3.63) is 44.3 Å². The van der Waals surface area contributed by atoms with Crippen molar-refractivity contribution < 1.29 is 19.8 Å². The van der Waals surface area contributed by atoms with Gasteiger partial charge in [-0.3, -0.25) is 4.79 Å². The number of hydrogen-bond acceptors (Lipinski definition) is 5. The number of carboxylic acid groups (broad SMARTS) is 1. The Morgan fingerprint density at radius 2 is 2.14 bits per heavy atom. The average molecular weight is 371 g/mol. The van der Waals surface area contributed by atoms with Crippen LogP contribution in [0.4, 0.5) is 0 Å². The van der Waals surface area contributed by atoms with E-state index in [0.29, 0.717) is 28.0 Å². The molecule has 1 aromatic carbocycles. The second kappa shape index (κ2) is 6.68. The molecule has 0 aliphatic carbocycles. The molecule has 0 saturated carbocycles. The number of carbonyl (C=O) groups is 2. The molecule has 2 aromatic rings. The van der Waals surface area contributed by atoms with E-state index in [1.165, 1.54) is 22.8 Å². The van der Waals surface area contributed by atoms with Crippen LogP contribution in [0.2, 0.25) is 0 Å². The lowest BCUT2D eigenvalue weighted by molar-refractivity contribution is 0.0690. The molecule has 0 bridgehead atoms. The van der Waals surface area contributed by atoms with Crippen molar-refractivity contribution in [3.63, 3.8) is 0 Å². The summed E-state index contributed by atoms with van der Waals surface area (Å²) in [6.07, 6.45) is 0.451. The standard InChI is InChI=1S/C13H11BrN2O4S/c14-8-2-1-7(5-10(8)17)12(18)15-4-3-11-16-9(6-21-11)13(19)20/h1-2,5-6,17H,3-4H2,(H,15,18)(H,19,20). The zero-order valence-corrected chi connectivity index (χ0v) is 13.1. The number of amides is 1. The van der Waals surface area contributed by atoms with Crippen LogP contribution in [-0.2, 0) is 6.42 Å². The van der Waals surface area contributed by atoms with Gasteiger partial charge in [0.05, 0.1) is 9.48 Å². The van der Waals surface area contributed by atoms with Crippen LogP contribution in [0, 0.1) is 0 Å². The summed E-state index contributed by atoms with van der Waals surface area (Å²) in [6.45, 7) is 0.336. The van der Waals surface area contributed by atoms with Crippen LogP contribution in [0.1, 0.15) is 25.9 Å². The predicted molar refractivity (Wildman–Crippen MR) is 80.9 cm³/mol. The van der Waals surface area contributed by atoms with Gasteiger partial charge in [0.2, 0.25) is 0 Å². The van der Waals surface area contributed by atoms with E-state index in [4.69, 9.17) is 5.11 Å². The van der Waals surface area contributed by atoms with E-state index in [9.17, 15) is 14.7 Å². The Kier molecular flexibility index (Phi) is 4.92. The summed E-state index contributed by atoms with van der Waals surface area (Å²) in [6, 6.07) is 4.54. The largest absolute Gasteiger partial charge is 0.507 e. The molecule has 0 aliphatic rings. The van der Waals surface area contributed by atoms with Crippen LogP contribution in [0.25, 0.3) is 0 Å². The lowest BCUT2D eigenvalue weighted by Gasteiger charge is -2.05. The fourth-order valence-corrected chi connectivity index (χ4v) is 2.58. The number of benzene rings is 1. The molecule has 2 rings (SSSR count). The Bertz CT molecular complexity index is 687. The maximum absolute atomic E-state index is 11.9. The molecule has 1 aromatic heterocycles. The SMILES string of the molecule is O=C(NCCc1nc(C(=O)O)cs1)c1ccc(Br)c(O)c1. The molecular weight excluding hydrogens is 360 g/mol. The van der Waals surface area contributed by atoms with Crippen LogP contribution in [0.5, 0.6) is 5.75 Å². The number of carbonyl (C=O) groups excluding carboxylic acids is 1. The summed E-state index contributed by atoms with van der Waals surface area (Å²) in [5.41, 5.74) is 0.361. The fourth-order valence-electron chi connectivity index (χ4n) is 1.56. The third-order valence-electron chi connectivity index (χ3n) is 2.60. The summed E-state index contributed by atoms with van der Waals surface area (Å²) in [7, 11) is 0. The quantitative estimate of drug-likeness (QED) is 0.749. The highest BCUT2D eigenvalue weighted by Crippen LogP contribution is 2.24. The second-order valence-corrected chi connectivity index (χ2v) is 5.90. The molecule has 110 valence electrons. The van der Waals surface area contributed by atoms with Gasteiger partial charge in [-0.2, -0.15) is 0 Å². The van der Waals surface area contributed by atoms with Crippen molar-refractivity contribution >= 4 is 39.1 Å². The number of nitrogens with one attached hydrogen (secondary N) is 1. The van der Waals surface area contributed by atoms with Gasteiger partial charge in [-0.25, -0.2) is 9.78 Å². The monoisotopic (exact) mass is 370 g/mol. The van der Waals surface area contributed by atoms with E-state index in [1.54, 1.807) is 12.1 Å². The topological polar surface area (TPSA) is 99.5 Å². The van der Waals surface area contributed by atoms with Gasteiger partial charge in [0, 0.05) is 23.9 Å². The number of phenolic OH excluding ortho intramolecular Hbond substituents is 1. The van der Waals surface area contributed by atoms with Crippen molar-refractivity contribution in [3.8, 4) is 5.75 Å². The van der Waals surface area contributed by atoms with E-state index in [0.717, 1.165) is 0 Å². The first-order chi connectivity index (χ1) is 9.97. The Labute approximate surface area is 132 Å². The highest BCUT2D eigenvalue weighted by Gasteiger charge is 2.10. The molecule has 21 heavy (non-hydrogen) atoms. The predicted octanol–water partition coefficient (Wildman–Crippen LogP) is 2.28. The number of rotatable bonds is 5. The summed E-state index contributed by atoms with van der Waals surface area (Å²) in [4.78, 5) is 26.5. The molecule has 0 unspecified atom stereocenters. The molecule has 3 N–H and O–H groups in total. The number of aromatic carboxylic acids is 1. The smallest absolute Gasteiger partial charge is 0.355 e. The second-order valence-electron chi connectivity index (χ2n) is 4.10. The summed E-state index contributed by atoms with van der Waals surface area (Å²) < 4.78 is 0.517. The molecule has 8 heteroatoms. The van der Waals surface area contributed by atoms with Crippen LogP contribution >= 0.6 is 27.3 Å². The molecule has 0 radical (unpaired) electrons. The number of halogens is 1. The normalized spacial score (nSPS) is 10.3. The van der Waals surface area contributed by atoms with Crippen molar-refractivity contribution in [1.82, 2.24) is 10.3 Å². The first-order valence-corrected chi connectivity index (χ1v) is 7.59. The Balaban J connectivity index is 1.88. The zero-order chi connectivity index (χ0) is 15.4. The number of aromatic nitrogens is 1. The molecule has 6 nitrogen and oxygen atoms in total. The van der Waals surface area contributed by atoms with Crippen LogP contribution in [0.3, 0.4) is 0 Å². The number of carboxylic acids is 1. The van der Waals surface area contributed by atoms with Crippen molar-refractivity contribution in [1.29, 1.82) is 0 Å². The van der Waals surface area contributed by atoms with Crippen LogP contribution < -0.4 is 5.32 Å². The number of aromatic hydroxyl groups is 1. The van der Waals surface area contributed by atoms with Gasteiger partial charge < -0.3 is 15.5 Å². The number of nitrogens with zero attached hydrogens (tertiary/aromatic N) is 1. The fraction of sp³-hybridized carbons (Fsp3) is 0.154. The Hall–Kier alpha value is -1.93. The van der Waals surface area contributed by atoms with E-state index in [-0.39, 0.29) is 17.4 Å². The lowest BCUT2D eigenvalue weighted by Crippen LogP contribution is -2.25. The minimum atomic E-state index is -1.06. The number of hydrogen-bond donors (Lipinski definition) is 3. The first kappa shape index (κ1) is 15.5. The van der Waals surface area contributed by atoms with Crippen molar-refractivity contribution in [2.24, 2.45) is 0 Å². The summed E-state index contributed by atoms with van der Waals surface area (Å²) >= 11 is 4.38. The van der Waals surface area contributed by atoms with E-state index in [1.807, 2.05) is 0 Å². The average Bonchev–Trinajstić information content (AvgIpc) is 2.91. The first-order valence-electron chi connectivity index (χ1n) is 5.92. The highest BCUT2D eigenvalue weighted by molar-refractivity contribution is 9.10. The highest BCUT2D eigenvalue weighted by atomic mass is 79.9. The molecular formula is C13H11BrN2O4S. The van der Waals surface area contributed by atoms with Gasteiger partial charge >= 0.3 is 5.97 Å². The van der Waals surface area contributed by atoms with E-state index >= 15 is 0 Å². The van der Waals surface area contributed by atoms with E-state index < -0.39 is 5.97 Å². The summed E-state index contributed by atoms with van der Waals surface area (Å²) in [5.74, 6) is -1.38. The van der Waals surface area contributed by atoms with Gasteiger partial charge in [-0.15, -0.1) is 11.3 Å². The molecule has 1 heterocycles. The van der Waals surface area contributed by atoms with Crippen molar-refractivity contribution in [2.45, 2.75) is 6.42 Å². The molecule has 0 atom stereocenters. The lowest BCUT2D eigenvalue weighted by atomic mass is 10.2. The third kappa shape index (κ3) is 4.02. The number of thiazole rings is 1. The Morgan fingerprint density at radius 1 is 1.38 bits per heavy atom. The number of phenols is 1. The molecule has 0 fully saturated rings. The molecule has 0 saturated heterocycles. The minimum Gasteiger partial charge on any atom is -0.507 e. The van der Waals surface area contributed by atoms with Gasteiger partial charge in [-0.05, 0) is 34.1 Å². The zero-order valence-electron chi connectivity index (χ0n) is 10.7.